The molecule has 1 amide bonds. The smallest absolute Gasteiger partial charge is 0.310 e. The summed E-state index contributed by atoms with van der Waals surface area (Å²) in [5.41, 5.74) is -0.724. The first-order valence-electron chi connectivity index (χ1n) is 5.97. The highest BCUT2D eigenvalue weighted by atomic mass is 16.5. The summed E-state index contributed by atoms with van der Waals surface area (Å²) >= 11 is 0. The van der Waals surface area contributed by atoms with Crippen LogP contribution in [-0.2, 0) is 19.1 Å². The van der Waals surface area contributed by atoms with E-state index in [4.69, 9.17) is 9.47 Å². The van der Waals surface area contributed by atoms with Crippen LogP contribution in [0.25, 0.3) is 0 Å². The first kappa shape index (κ1) is 11.7. The largest absolute Gasteiger partial charge is 0.481 e. The fourth-order valence-electron chi connectivity index (χ4n) is 3.25. The van der Waals surface area contributed by atoms with Gasteiger partial charge in [-0.1, -0.05) is 12.2 Å². The summed E-state index contributed by atoms with van der Waals surface area (Å²) in [7, 11) is 1.57. The van der Waals surface area contributed by atoms with E-state index in [-0.39, 0.29) is 5.91 Å². The second-order valence-corrected chi connectivity index (χ2v) is 4.99. The van der Waals surface area contributed by atoms with Gasteiger partial charge in [-0.25, -0.2) is 0 Å². The van der Waals surface area contributed by atoms with Crippen LogP contribution in [0.4, 0.5) is 0 Å². The maximum atomic E-state index is 12.3. The molecule has 6 heteroatoms. The molecule has 2 bridgehead atoms. The molecule has 3 aliphatic rings. The molecule has 0 aromatic rings. The summed E-state index contributed by atoms with van der Waals surface area (Å²) in [4.78, 5) is 25.2. The lowest BCUT2D eigenvalue weighted by Crippen LogP contribution is -2.39. The number of ether oxygens (including phenoxy) is 2. The number of fused-ring (bicyclic) bond motifs is 1. The number of amides is 1. The van der Waals surface area contributed by atoms with E-state index in [0.29, 0.717) is 19.7 Å². The van der Waals surface area contributed by atoms with Crippen molar-refractivity contribution in [3.63, 3.8) is 0 Å². The Balaban J connectivity index is 1.87. The van der Waals surface area contributed by atoms with E-state index in [0.717, 1.165) is 0 Å². The molecule has 0 aromatic carbocycles. The zero-order valence-electron chi connectivity index (χ0n) is 10.0. The molecular formula is C12H15NO5. The number of carboxylic acids is 1. The predicted molar refractivity (Wildman–Crippen MR) is 59.8 cm³/mol. The third-order valence-electron chi connectivity index (χ3n) is 4.03. The van der Waals surface area contributed by atoms with Crippen molar-refractivity contribution < 1.29 is 24.2 Å². The molecule has 1 spiro atoms. The monoisotopic (exact) mass is 253 g/mol. The van der Waals surface area contributed by atoms with Gasteiger partial charge in [0.15, 0.2) is 0 Å². The summed E-state index contributed by atoms with van der Waals surface area (Å²) in [5, 5.41) is 9.25. The first-order valence-corrected chi connectivity index (χ1v) is 5.97. The van der Waals surface area contributed by atoms with Crippen molar-refractivity contribution in [2.75, 3.05) is 26.8 Å². The van der Waals surface area contributed by atoms with E-state index < -0.39 is 29.5 Å². The molecule has 6 nitrogen and oxygen atoms in total. The van der Waals surface area contributed by atoms with Gasteiger partial charge in [-0.15, -0.1) is 0 Å². The van der Waals surface area contributed by atoms with Gasteiger partial charge in [0.05, 0.1) is 25.2 Å². The molecule has 0 unspecified atom stereocenters. The lowest BCUT2D eigenvalue weighted by Gasteiger charge is -2.21. The minimum atomic E-state index is -0.960. The summed E-state index contributed by atoms with van der Waals surface area (Å²) in [6.45, 7) is 1.35. The number of aliphatic carboxylic acids is 1. The molecule has 98 valence electrons. The number of carboxylic acid groups (broad SMARTS) is 1. The van der Waals surface area contributed by atoms with Crippen LogP contribution in [0, 0.1) is 11.8 Å². The van der Waals surface area contributed by atoms with Crippen molar-refractivity contribution in [3.05, 3.63) is 12.2 Å². The Bertz CT molecular complexity index is 434. The van der Waals surface area contributed by atoms with Gasteiger partial charge in [0.25, 0.3) is 0 Å². The van der Waals surface area contributed by atoms with Gasteiger partial charge in [-0.3, -0.25) is 9.59 Å². The van der Waals surface area contributed by atoms with Crippen LogP contribution in [0.15, 0.2) is 12.2 Å². The van der Waals surface area contributed by atoms with Gasteiger partial charge in [-0.2, -0.15) is 0 Å². The molecular weight excluding hydrogens is 238 g/mol. The standard InChI is InChI=1S/C12H15NO5/c1-17-5-4-13-6-12-3-2-7(18-12)8(11(15)16)9(12)10(13)14/h2-3,7-9H,4-6H2,1H3,(H,15,16)/t7-,8-,9+,12-/m1/s1. The van der Waals surface area contributed by atoms with Crippen molar-refractivity contribution in [2.24, 2.45) is 11.8 Å². The Morgan fingerprint density at radius 3 is 3.17 bits per heavy atom. The van der Waals surface area contributed by atoms with Gasteiger partial charge in [0, 0.05) is 13.7 Å². The van der Waals surface area contributed by atoms with Crippen molar-refractivity contribution in [1.29, 1.82) is 0 Å². The molecule has 1 N–H and O–H groups in total. The highest BCUT2D eigenvalue weighted by molar-refractivity contribution is 5.90. The number of nitrogens with zero attached hydrogens (tertiary/aromatic N) is 1. The maximum absolute atomic E-state index is 12.3. The Morgan fingerprint density at radius 1 is 1.72 bits per heavy atom. The SMILES string of the molecule is COCCN1C[C@@]23C=C[C@@H](O2)[C@@H](C(=O)O)[C@H]3C1=O. The van der Waals surface area contributed by atoms with Gasteiger partial charge in [-0.05, 0) is 0 Å². The zero-order valence-corrected chi connectivity index (χ0v) is 10.0. The number of likely N-dealkylation sites (tertiary alicyclic amines) is 1. The number of hydrogen-bond donors (Lipinski definition) is 1. The van der Waals surface area contributed by atoms with E-state index >= 15 is 0 Å². The van der Waals surface area contributed by atoms with Crippen LogP contribution in [0.5, 0.6) is 0 Å². The summed E-state index contributed by atoms with van der Waals surface area (Å²) in [6, 6.07) is 0. The minimum absolute atomic E-state index is 0.133. The second-order valence-electron chi connectivity index (χ2n) is 4.99. The van der Waals surface area contributed by atoms with E-state index in [9.17, 15) is 14.7 Å². The summed E-state index contributed by atoms with van der Waals surface area (Å²) < 4.78 is 10.7. The van der Waals surface area contributed by atoms with Crippen LogP contribution in [0.1, 0.15) is 0 Å². The molecule has 0 aromatic heterocycles. The average molecular weight is 253 g/mol. The quantitative estimate of drug-likeness (QED) is 0.683. The van der Waals surface area contributed by atoms with Gasteiger partial charge < -0.3 is 19.5 Å². The third-order valence-corrected chi connectivity index (χ3v) is 4.03. The average Bonchev–Trinajstić information content (AvgIpc) is 2.95. The number of methoxy groups -OCH3 is 1. The summed E-state index contributed by atoms with van der Waals surface area (Å²) in [6.07, 6.45) is 3.16. The predicted octanol–water partition coefficient (Wildman–Crippen LogP) is -0.501. The number of hydrogen-bond acceptors (Lipinski definition) is 4. The Kier molecular flexibility index (Phi) is 2.46. The third kappa shape index (κ3) is 1.36. The molecule has 4 atom stereocenters. The fraction of sp³-hybridized carbons (Fsp3) is 0.667. The van der Waals surface area contributed by atoms with Crippen molar-refractivity contribution in [1.82, 2.24) is 4.90 Å². The van der Waals surface area contributed by atoms with Crippen molar-refractivity contribution in [3.8, 4) is 0 Å². The lowest BCUT2D eigenvalue weighted by molar-refractivity contribution is -0.148. The van der Waals surface area contributed by atoms with Gasteiger partial charge >= 0.3 is 5.97 Å². The minimum Gasteiger partial charge on any atom is -0.481 e. The van der Waals surface area contributed by atoms with Crippen LogP contribution >= 0.6 is 0 Å². The fourth-order valence-corrected chi connectivity index (χ4v) is 3.25. The van der Waals surface area contributed by atoms with Crippen molar-refractivity contribution >= 4 is 11.9 Å². The van der Waals surface area contributed by atoms with Gasteiger partial charge in [0.2, 0.25) is 5.91 Å². The molecule has 0 radical (unpaired) electrons. The molecule has 2 saturated heterocycles. The van der Waals surface area contributed by atoms with Crippen LogP contribution in [0.2, 0.25) is 0 Å². The zero-order chi connectivity index (χ0) is 12.9. The normalized spacial score (nSPS) is 40.6. The number of carbonyl (C=O) groups is 2. The summed E-state index contributed by atoms with van der Waals surface area (Å²) in [5.74, 6) is -2.43. The second kappa shape index (κ2) is 3.80. The first-order chi connectivity index (χ1) is 8.59. The van der Waals surface area contributed by atoms with Gasteiger partial charge in [0.1, 0.15) is 11.5 Å². The molecule has 0 saturated carbocycles. The molecule has 2 fully saturated rings. The van der Waals surface area contributed by atoms with Crippen LogP contribution < -0.4 is 0 Å². The number of rotatable bonds is 4. The van der Waals surface area contributed by atoms with E-state index in [1.165, 1.54) is 0 Å². The van der Waals surface area contributed by atoms with E-state index in [1.807, 2.05) is 6.08 Å². The Labute approximate surface area is 104 Å². The van der Waals surface area contributed by atoms with Crippen LogP contribution in [-0.4, -0.2) is 60.4 Å². The molecule has 3 rings (SSSR count). The van der Waals surface area contributed by atoms with Crippen molar-refractivity contribution in [2.45, 2.75) is 11.7 Å². The Hall–Kier alpha value is -1.40. The Morgan fingerprint density at radius 2 is 2.50 bits per heavy atom. The van der Waals surface area contributed by atoms with E-state index in [1.54, 1.807) is 18.1 Å². The van der Waals surface area contributed by atoms with Crippen LogP contribution in [0.3, 0.4) is 0 Å². The van der Waals surface area contributed by atoms with E-state index in [2.05, 4.69) is 0 Å². The number of carbonyl (C=O) groups excluding carboxylic acids is 1. The maximum Gasteiger partial charge on any atom is 0.310 e. The molecule has 3 aliphatic heterocycles. The molecule has 18 heavy (non-hydrogen) atoms. The topological polar surface area (TPSA) is 76.1 Å². The molecule has 3 heterocycles. The lowest BCUT2D eigenvalue weighted by atomic mass is 9.77. The highest BCUT2D eigenvalue weighted by Crippen LogP contribution is 2.51. The highest BCUT2D eigenvalue weighted by Gasteiger charge is 2.66. The molecule has 0 aliphatic carbocycles.